The minimum absolute atomic E-state index is 0.0507. The third kappa shape index (κ3) is 3.65. The van der Waals surface area contributed by atoms with Crippen molar-refractivity contribution in [3.8, 4) is 11.1 Å². The predicted molar refractivity (Wildman–Crippen MR) is 100 cm³/mol. The number of carboxylic acid groups (broad SMARTS) is 1. The van der Waals surface area contributed by atoms with Crippen molar-refractivity contribution < 1.29 is 19.1 Å². The van der Waals surface area contributed by atoms with Crippen LogP contribution in [0.1, 0.15) is 33.2 Å². The van der Waals surface area contributed by atoms with Gasteiger partial charge in [-0.25, -0.2) is 9.18 Å². The molecule has 3 rings (SSSR count). The van der Waals surface area contributed by atoms with Gasteiger partial charge in [0.25, 0.3) is 5.91 Å². The van der Waals surface area contributed by atoms with E-state index in [1.807, 2.05) is 31.2 Å². The van der Waals surface area contributed by atoms with E-state index >= 15 is 0 Å². The average molecular weight is 369 g/mol. The Hall–Kier alpha value is -2.99. The zero-order valence-corrected chi connectivity index (χ0v) is 14.8. The molecule has 6 heteroatoms. The quantitative estimate of drug-likeness (QED) is 0.660. The van der Waals surface area contributed by atoms with Gasteiger partial charge in [-0.05, 0) is 41.8 Å². The van der Waals surface area contributed by atoms with Gasteiger partial charge < -0.3 is 10.4 Å². The van der Waals surface area contributed by atoms with Crippen molar-refractivity contribution in [1.29, 1.82) is 0 Å². The molecule has 0 saturated carbocycles. The fraction of sp³-hybridized carbons (Fsp3) is 0.100. The van der Waals surface area contributed by atoms with Gasteiger partial charge in [0.05, 0.1) is 0 Å². The van der Waals surface area contributed by atoms with Crippen LogP contribution in [0.25, 0.3) is 11.1 Å². The van der Waals surface area contributed by atoms with E-state index in [4.69, 9.17) is 0 Å². The fourth-order valence-corrected chi connectivity index (χ4v) is 3.53. The molecule has 2 aromatic carbocycles. The van der Waals surface area contributed by atoms with Crippen molar-refractivity contribution in [3.63, 3.8) is 0 Å². The number of aromatic carboxylic acids is 1. The molecule has 0 radical (unpaired) electrons. The predicted octanol–water partition coefficient (Wildman–Crippen LogP) is 5.07. The number of benzene rings is 2. The number of thiophene rings is 1. The van der Waals surface area contributed by atoms with E-state index in [1.54, 1.807) is 5.38 Å². The first-order valence-corrected chi connectivity index (χ1v) is 8.88. The summed E-state index contributed by atoms with van der Waals surface area (Å²) in [7, 11) is 0. The number of carbonyl (C=O) groups is 2. The highest BCUT2D eigenvalue weighted by atomic mass is 32.1. The minimum atomic E-state index is -1.12. The van der Waals surface area contributed by atoms with Crippen LogP contribution >= 0.6 is 11.3 Å². The fourth-order valence-electron chi connectivity index (χ4n) is 2.57. The summed E-state index contributed by atoms with van der Waals surface area (Å²) in [5.74, 6) is -2.04. The molecule has 1 amide bonds. The third-order valence-corrected chi connectivity index (χ3v) is 4.91. The Labute approximate surface area is 153 Å². The molecule has 4 nitrogen and oxygen atoms in total. The zero-order chi connectivity index (χ0) is 18.7. The van der Waals surface area contributed by atoms with Crippen molar-refractivity contribution in [1.82, 2.24) is 0 Å². The summed E-state index contributed by atoms with van der Waals surface area (Å²) in [5, 5.41) is 14.2. The highest BCUT2D eigenvalue weighted by Crippen LogP contribution is 2.36. The van der Waals surface area contributed by atoms with Gasteiger partial charge in [-0.1, -0.05) is 31.2 Å². The molecule has 2 N–H and O–H groups in total. The number of hydrogen-bond donors (Lipinski definition) is 2. The Balaban J connectivity index is 1.93. The van der Waals surface area contributed by atoms with Crippen LogP contribution in [0, 0.1) is 5.82 Å². The van der Waals surface area contributed by atoms with Gasteiger partial charge in [-0.2, -0.15) is 0 Å². The number of carbonyl (C=O) groups excluding carboxylic acids is 1. The summed E-state index contributed by atoms with van der Waals surface area (Å²) in [6.45, 7) is 2.05. The maximum Gasteiger partial charge on any atom is 0.339 e. The number of aryl methyl sites for hydroxylation is 1. The smallest absolute Gasteiger partial charge is 0.339 e. The SMILES string of the molecule is CCc1ccc(-c2csc(NC(=O)c3ccc(F)cc3)c2C(=O)O)cc1. The largest absolute Gasteiger partial charge is 0.478 e. The van der Waals surface area contributed by atoms with E-state index in [2.05, 4.69) is 5.32 Å². The summed E-state index contributed by atoms with van der Waals surface area (Å²) in [6.07, 6.45) is 0.898. The van der Waals surface area contributed by atoms with Gasteiger partial charge in [-0.3, -0.25) is 4.79 Å². The van der Waals surface area contributed by atoms with Crippen molar-refractivity contribution in [2.75, 3.05) is 5.32 Å². The van der Waals surface area contributed by atoms with Crippen molar-refractivity contribution in [3.05, 3.63) is 76.4 Å². The van der Waals surface area contributed by atoms with Gasteiger partial charge in [-0.15, -0.1) is 11.3 Å². The minimum Gasteiger partial charge on any atom is -0.478 e. The lowest BCUT2D eigenvalue weighted by atomic mass is 10.0. The summed E-state index contributed by atoms with van der Waals surface area (Å²) in [6, 6.07) is 12.7. The van der Waals surface area contributed by atoms with E-state index in [0.717, 1.165) is 28.9 Å². The van der Waals surface area contributed by atoms with Gasteiger partial charge in [0, 0.05) is 16.5 Å². The van der Waals surface area contributed by atoms with Crippen molar-refractivity contribution in [2.24, 2.45) is 0 Å². The lowest BCUT2D eigenvalue weighted by Gasteiger charge is -2.07. The molecule has 0 fully saturated rings. The summed E-state index contributed by atoms with van der Waals surface area (Å²) in [5.41, 5.74) is 2.79. The van der Waals surface area contributed by atoms with Crippen LogP contribution in [0.3, 0.4) is 0 Å². The maximum atomic E-state index is 13.0. The molecule has 0 aliphatic rings. The Morgan fingerprint density at radius 2 is 1.73 bits per heavy atom. The van der Waals surface area contributed by atoms with Crippen LogP contribution in [-0.2, 0) is 6.42 Å². The number of nitrogens with one attached hydrogen (secondary N) is 1. The molecule has 3 aromatic rings. The van der Waals surface area contributed by atoms with E-state index in [9.17, 15) is 19.1 Å². The Morgan fingerprint density at radius 3 is 2.31 bits per heavy atom. The summed E-state index contributed by atoms with van der Waals surface area (Å²) >= 11 is 1.15. The van der Waals surface area contributed by atoms with E-state index in [1.165, 1.54) is 24.3 Å². The highest BCUT2D eigenvalue weighted by Gasteiger charge is 2.21. The van der Waals surface area contributed by atoms with Crippen LogP contribution in [0.15, 0.2) is 53.9 Å². The molecule has 1 aromatic heterocycles. The first-order valence-electron chi connectivity index (χ1n) is 8.00. The summed E-state index contributed by atoms with van der Waals surface area (Å²) < 4.78 is 13.0. The molecule has 26 heavy (non-hydrogen) atoms. The molecular formula is C20H16FNO3S. The molecule has 1 heterocycles. The maximum absolute atomic E-state index is 13.0. The lowest BCUT2D eigenvalue weighted by Crippen LogP contribution is -2.13. The first kappa shape index (κ1) is 17.8. The van der Waals surface area contributed by atoms with Gasteiger partial charge >= 0.3 is 5.97 Å². The van der Waals surface area contributed by atoms with Crippen LogP contribution in [0.4, 0.5) is 9.39 Å². The number of halogens is 1. The average Bonchev–Trinajstić information content (AvgIpc) is 3.06. The molecule has 0 bridgehead atoms. The van der Waals surface area contributed by atoms with E-state index in [0.29, 0.717) is 5.56 Å². The topological polar surface area (TPSA) is 66.4 Å². The highest BCUT2D eigenvalue weighted by molar-refractivity contribution is 7.15. The third-order valence-electron chi connectivity index (χ3n) is 4.01. The Morgan fingerprint density at radius 1 is 1.08 bits per heavy atom. The monoisotopic (exact) mass is 369 g/mol. The first-order chi connectivity index (χ1) is 12.5. The molecule has 0 aliphatic heterocycles. The second-order valence-electron chi connectivity index (χ2n) is 5.67. The second-order valence-corrected chi connectivity index (χ2v) is 6.55. The molecule has 132 valence electrons. The Kier molecular flexibility index (Phi) is 5.14. The standard InChI is InChI=1S/C20H16FNO3S/c1-2-12-3-5-13(6-4-12)16-11-26-19(17(16)20(24)25)22-18(23)14-7-9-15(21)10-8-14/h3-11H,2H2,1H3,(H,22,23)(H,24,25). The molecule has 0 saturated heterocycles. The van der Waals surface area contributed by atoms with Crippen molar-refractivity contribution >= 4 is 28.2 Å². The molecule has 0 atom stereocenters. The zero-order valence-electron chi connectivity index (χ0n) is 14.0. The van der Waals surface area contributed by atoms with Crippen molar-refractivity contribution in [2.45, 2.75) is 13.3 Å². The number of anilines is 1. The van der Waals surface area contributed by atoms with Crippen LogP contribution in [0.2, 0.25) is 0 Å². The number of carboxylic acids is 1. The van der Waals surface area contributed by atoms with Gasteiger partial charge in [0.15, 0.2) is 0 Å². The second kappa shape index (κ2) is 7.49. The van der Waals surface area contributed by atoms with Crippen LogP contribution < -0.4 is 5.32 Å². The molecule has 0 unspecified atom stereocenters. The van der Waals surface area contributed by atoms with Crippen LogP contribution in [0.5, 0.6) is 0 Å². The number of rotatable bonds is 5. The van der Waals surface area contributed by atoms with Crippen LogP contribution in [-0.4, -0.2) is 17.0 Å². The van der Waals surface area contributed by atoms with E-state index < -0.39 is 17.7 Å². The summed E-state index contributed by atoms with van der Waals surface area (Å²) in [4.78, 5) is 24.1. The van der Waals surface area contributed by atoms with Gasteiger partial charge in [0.1, 0.15) is 16.4 Å². The lowest BCUT2D eigenvalue weighted by molar-refractivity contribution is 0.0699. The molecule has 0 aliphatic carbocycles. The molecule has 0 spiro atoms. The number of hydrogen-bond acceptors (Lipinski definition) is 3. The van der Waals surface area contributed by atoms with E-state index in [-0.39, 0.29) is 16.1 Å². The Bertz CT molecular complexity index is 946. The normalized spacial score (nSPS) is 10.5. The number of amides is 1. The molecular weight excluding hydrogens is 353 g/mol. The van der Waals surface area contributed by atoms with Gasteiger partial charge in [0.2, 0.25) is 0 Å².